The highest BCUT2D eigenvalue weighted by molar-refractivity contribution is 5.66. The van der Waals surface area contributed by atoms with Crippen LogP contribution in [0.5, 0.6) is 0 Å². The number of unbranched alkanes of at least 4 members (excludes halogenated alkanes) is 4. The molecule has 0 spiro atoms. The van der Waals surface area contributed by atoms with E-state index >= 15 is 0 Å². The molecule has 1 N–H and O–H groups in total. The normalized spacial score (nSPS) is 17.1. The summed E-state index contributed by atoms with van der Waals surface area (Å²) >= 11 is 0. The van der Waals surface area contributed by atoms with Crippen LogP contribution in [-0.2, 0) is 4.79 Å². The van der Waals surface area contributed by atoms with Gasteiger partial charge in [-0.25, -0.2) is 0 Å². The zero-order valence-electron chi connectivity index (χ0n) is 9.58. The molecule has 1 aliphatic rings. The van der Waals surface area contributed by atoms with Crippen molar-refractivity contribution in [3.8, 4) is 0 Å². The Morgan fingerprint density at radius 3 is 2.27 bits per heavy atom. The zero-order valence-corrected chi connectivity index (χ0v) is 9.58. The van der Waals surface area contributed by atoms with E-state index in [4.69, 9.17) is 5.11 Å². The summed E-state index contributed by atoms with van der Waals surface area (Å²) in [4.78, 5) is 12.8. The average molecular weight is 213 g/mol. The summed E-state index contributed by atoms with van der Waals surface area (Å²) in [5.41, 5.74) is 0. The van der Waals surface area contributed by atoms with Crippen LogP contribution in [0.3, 0.4) is 0 Å². The molecule has 1 saturated heterocycles. The number of carbonyl (C=O) groups is 1. The van der Waals surface area contributed by atoms with E-state index in [1.165, 1.54) is 51.7 Å². The van der Waals surface area contributed by atoms with Crippen molar-refractivity contribution in [2.75, 3.05) is 19.6 Å². The number of nitrogens with zero attached hydrogens (tertiary/aromatic N) is 1. The zero-order chi connectivity index (χ0) is 10.9. The molecule has 0 aliphatic carbocycles. The van der Waals surface area contributed by atoms with Gasteiger partial charge in [0.05, 0.1) is 0 Å². The Labute approximate surface area is 92.5 Å². The third kappa shape index (κ3) is 6.50. The Hall–Kier alpha value is -0.570. The first-order chi connectivity index (χ1) is 7.29. The van der Waals surface area contributed by atoms with E-state index in [1.807, 2.05) is 0 Å². The van der Waals surface area contributed by atoms with Crippen molar-refractivity contribution in [1.29, 1.82) is 0 Å². The number of hydrogen-bond acceptors (Lipinski definition) is 2. The van der Waals surface area contributed by atoms with Crippen molar-refractivity contribution in [2.45, 2.75) is 51.4 Å². The van der Waals surface area contributed by atoms with E-state index in [2.05, 4.69) is 4.90 Å². The molecular formula is C12H23NO2. The summed E-state index contributed by atoms with van der Waals surface area (Å²) in [6.07, 6.45) is 8.75. The molecule has 0 aromatic rings. The van der Waals surface area contributed by atoms with E-state index in [1.54, 1.807) is 0 Å². The lowest BCUT2D eigenvalue weighted by Gasteiger charge is -2.13. The highest BCUT2D eigenvalue weighted by atomic mass is 16.4. The summed E-state index contributed by atoms with van der Waals surface area (Å²) in [5, 5.41) is 8.45. The molecule has 0 aromatic heterocycles. The van der Waals surface area contributed by atoms with Crippen LogP contribution in [0.4, 0.5) is 0 Å². The fraction of sp³-hybridized carbons (Fsp3) is 0.917. The summed E-state index contributed by atoms with van der Waals surface area (Å²) in [6.45, 7) is 3.83. The minimum absolute atomic E-state index is 0.339. The van der Waals surface area contributed by atoms with Gasteiger partial charge in [0.15, 0.2) is 0 Å². The van der Waals surface area contributed by atoms with Crippen LogP contribution in [0.15, 0.2) is 0 Å². The number of likely N-dealkylation sites (tertiary alicyclic amines) is 1. The number of hydrogen-bond donors (Lipinski definition) is 1. The highest BCUT2D eigenvalue weighted by Crippen LogP contribution is 2.10. The molecule has 3 nitrogen and oxygen atoms in total. The lowest BCUT2D eigenvalue weighted by Crippen LogP contribution is -2.20. The van der Waals surface area contributed by atoms with Gasteiger partial charge in [0.2, 0.25) is 0 Å². The van der Waals surface area contributed by atoms with Gasteiger partial charge in [-0.1, -0.05) is 19.3 Å². The Morgan fingerprint density at radius 2 is 1.60 bits per heavy atom. The third-order valence-corrected chi connectivity index (χ3v) is 3.06. The second-order valence-corrected chi connectivity index (χ2v) is 4.46. The highest BCUT2D eigenvalue weighted by Gasteiger charge is 2.09. The van der Waals surface area contributed by atoms with Crippen molar-refractivity contribution in [3.05, 3.63) is 0 Å². The van der Waals surface area contributed by atoms with E-state index in [-0.39, 0.29) is 0 Å². The molecule has 3 heteroatoms. The Kier molecular flexibility index (Phi) is 6.41. The van der Waals surface area contributed by atoms with Gasteiger partial charge in [-0.3, -0.25) is 4.79 Å². The quantitative estimate of drug-likeness (QED) is 0.630. The van der Waals surface area contributed by atoms with Crippen LogP contribution < -0.4 is 0 Å². The van der Waals surface area contributed by atoms with Gasteiger partial charge in [0.25, 0.3) is 0 Å². The molecule has 1 heterocycles. The van der Waals surface area contributed by atoms with Crippen LogP contribution in [-0.4, -0.2) is 35.6 Å². The molecule has 0 amide bonds. The van der Waals surface area contributed by atoms with Crippen LogP contribution in [0.1, 0.15) is 51.4 Å². The number of rotatable bonds is 8. The van der Waals surface area contributed by atoms with E-state index in [0.29, 0.717) is 6.42 Å². The largest absolute Gasteiger partial charge is 0.481 e. The lowest BCUT2D eigenvalue weighted by molar-refractivity contribution is -0.137. The van der Waals surface area contributed by atoms with E-state index in [9.17, 15) is 4.79 Å². The maximum absolute atomic E-state index is 10.3. The first kappa shape index (κ1) is 12.5. The van der Waals surface area contributed by atoms with Crippen molar-refractivity contribution < 1.29 is 9.90 Å². The van der Waals surface area contributed by atoms with Crippen LogP contribution in [0, 0.1) is 0 Å². The third-order valence-electron chi connectivity index (χ3n) is 3.06. The molecule has 0 unspecified atom stereocenters. The van der Waals surface area contributed by atoms with Crippen molar-refractivity contribution >= 4 is 5.97 Å². The van der Waals surface area contributed by atoms with E-state index < -0.39 is 5.97 Å². The summed E-state index contributed by atoms with van der Waals surface area (Å²) in [7, 11) is 0. The van der Waals surface area contributed by atoms with Gasteiger partial charge < -0.3 is 10.0 Å². The Balaban J connectivity index is 1.78. The fourth-order valence-electron chi connectivity index (χ4n) is 2.15. The number of aliphatic carboxylic acids is 1. The summed E-state index contributed by atoms with van der Waals surface area (Å²) in [6, 6.07) is 0. The second kappa shape index (κ2) is 7.69. The molecule has 1 rings (SSSR count). The average Bonchev–Trinajstić information content (AvgIpc) is 2.68. The molecule has 0 atom stereocenters. The first-order valence-corrected chi connectivity index (χ1v) is 6.23. The maximum atomic E-state index is 10.3. The maximum Gasteiger partial charge on any atom is 0.303 e. The van der Waals surface area contributed by atoms with Gasteiger partial charge >= 0.3 is 5.97 Å². The Morgan fingerprint density at radius 1 is 1.00 bits per heavy atom. The van der Waals surface area contributed by atoms with Gasteiger partial charge in [-0.15, -0.1) is 0 Å². The van der Waals surface area contributed by atoms with Crippen LogP contribution >= 0.6 is 0 Å². The first-order valence-electron chi connectivity index (χ1n) is 6.23. The second-order valence-electron chi connectivity index (χ2n) is 4.46. The topological polar surface area (TPSA) is 40.5 Å². The summed E-state index contributed by atoms with van der Waals surface area (Å²) < 4.78 is 0. The molecule has 88 valence electrons. The minimum Gasteiger partial charge on any atom is -0.481 e. The smallest absolute Gasteiger partial charge is 0.303 e. The molecule has 1 aliphatic heterocycles. The van der Waals surface area contributed by atoms with Gasteiger partial charge in [-0.05, 0) is 45.3 Å². The number of carboxylic acid groups (broad SMARTS) is 1. The van der Waals surface area contributed by atoms with Crippen LogP contribution in [0.2, 0.25) is 0 Å². The molecule has 0 saturated carbocycles. The fourth-order valence-corrected chi connectivity index (χ4v) is 2.15. The van der Waals surface area contributed by atoms with E-state index in [0.717, 1.165) is 12.8 Å². The number of carboxylic acids is 1. The Bertz CT molecular complexity index is 176. The standard InChI is InChI=1S/C12H23NO2/c14-12(15)8-4-2-1-3-5-9-13-10-6-7-11-13/h1-11H2,(H,14,15). The van der Waals surface area contributed by atoms with Gasteiger partial charge in [0, 0.05) is 6.42 Å². The van der Waals surface area contributed by atoms with Crippen LogP contribution in [0.25, 0.3) is 0 Å². The van der Waals surface area contributed by atoms with Crippen molar-refractivity contribution in [2.24, 2.45) is 0 Å². The minimum atomic E-state index is -0.660. The SMILES string of the molecule is O=C(O)CCCCCCCN1CCCC1. The molecule has 0 radical (unpaired) electrons. The predicted molar refractivity (Wildman–Crippen MR) is 61.0 cm³/mol. The van der Waals surface area contributed by atoms with Gasteiger partial charge in [-0.2, -0.15) is 0 Å². The molecule has 1 fully saturated rings. The molecule has 0 aromatic carbocycles. The monoisotopic (exact) mass is 213 g/mol. The molecule has 15 heavy (non-hydrogen) atoms. The lowest BCUT2D eigenvalue weighted by atomic mass is 10.1. The molecule has 0 bridgehead atoms. The van der Waals surface area contributed by atoms with Crippen molar-refractivity contribution in [1.82, 2.24) is 4.90 Å². The molecular weight excluding hydrogens is 190 g/mol. The summed E-state index contributed by atoms with van der Waals surface area (Å²) in [5.74, 6) is -0.660. The predicted octanol–water partition coefficient (Wildman–Crippen LogP) is 2.51. The van der Waals surface area contributed by atoms with Crippen molar-refractivity contribution in [3.63, 3.8) is 0 Å². The van der Waals surface area contributed by atoms with Gasteiger partial charge in [0.1, 0.15) is 0 Å².